The minimum absolute atomic E-state index is 0.196. The van der Waals surface area contributed by atoms with E-state index in [1.807, 2.05) is 13.8 Å². The monoisotopic (exact) mass is 331 g/mol. The van der Waals surface area contributed by atoms with Gasteiger partial charge in [-0.3, -0.25) is 9.36 Å². The molecule has 0 atom stereocenters. The van der Waals surface area contributed by atoms with Crippen molar-refractivity contribution in [2.24, 2.45) is 0 Å². The van der Waals surface area contributed by atoms with Crippen molar-refractivity contribution in [3.63, 3.8) is 0 Å². The van der Waals surface area contributed by atoms with Crippen molar-refractivity contribution in [3.05, 3.63) is 23.8 Å². The van der Waals surface area contributed by atoms with Gasteiger partial charge in [0.1, 0.15) is 0 Å². The molecule has 0 spiro atoms. The Morgan fingerprint density at radius 3 is 2.41 bits per heavy atom. The molecule has 8 heteroatoms. The standard InChI is InChI=1S/C14H22NO6P/c1-3-20-12-7-6-11(10-13(12)21-4-2)14(16)15-8-5-9-22(17,18)19/h6-7,10H,3-5,8-9H2,1-2H3,(H,15,16)(H2,17,18,19). The van der Waals surface area contributed by atoms with Gasteiger partial charge in [-0.25, -0.2) is 0 Å². The number of amides is 1. The smallest absolute Gasteiger partial charge is 0.325 e. The van der Waals surface area contributed by atoms with Crippen LogP contribution >= 0.6 is 7.60 Å². The summed E-state index contributed by atoms with van der Waals surface area (Å²) in [6.07, 6.45) is -0.0356. The molecule has 0 saturated heterocycles. The van der Waals surface area contributed by atoms with E-state index >= 15 is 0 Å². The molecule has 0 radical (unpaired) electrons. The van der Waals surface area contributed by atoms with E-state index in [-0.39, 0.29) is 25.0 Å². The summed E-state index contributed by atoms with van der Waals surface area (Å²) < 4.78 is 21.6. The predicted molar refractivity (Wildman–Crippen MR) is 82.6 cm³/mol. The fourth-order valence-corrected chi connectivity index (χ4v) is 2.35. The zero-order valence-electron chi connectivity index (χ0n) is 12.7. The first kappa shape index (κ1) is 18.5. The third kappa shape index (κ3) is 6.47. The van der Waals surface area contributed by atoms with Crippen molar-refractivity contribution >= 4 is 13.5 Å². The van der Waals surface area contributed by atoms with Gasteiger partial charge in [0, 0.05) is 12.1 Å². The number of nitrogens with one attached hydrogen (secondary N) is 1. The van der Waals surface area contributed by atoms with Gasteiger partial charge in [0.2, 0.25) is 0 Å². The third-order valence-corrected chi connectivity index (χ3v) is 3.62. The van der Waals surface area contributed by atoms with E-state index in [4.69, 9.17) is 19.3 Å². The van der Waals surface area contributed by atoms with Crippen LogP contribution in [0.4, 0.5) is 0 Å². The molecule has 0 aliphatic rings. The van der Waals surface area contributed by atoms with Crippen molar-refractivity contribution in [2.75, 3.05) is 25.9 Å². The number of rotatable bonds is 9. The van der Waals surface area contributed by atoms with E-state index in [1.165, 1.54) is 0 Å². The van der Waals surface area contributed by atoms with Crippen molar-refractivity contribution in [1.82, 2.24) is 5.32 Å². The summed E-state index contributed by atoms with van der Waals surface area (Å²) in [5.74, 6) is 0.740. The van der Waals surface area contributed by atoms with E-state index in [9.17, 15) is 9.36 Å². The number of hydrogen-bond donors (Lipinski definition) is 3. The topological polar surface area (TPSA) is 105 Å². The number of carbonyl (C=O) groups excluding carboxylic acids is 1. The third-order valence-electron chi connectivity index (χ3n) is 2.72. The summed E-state index contributed by atoms with van der Waals surface area (Å²) >= 11 is 0. The maximum absolute atomic E-state index is 12.0. The molecule has 0 aliphatic carbocycles. The molecule has 1 aromatic carbocycles. The Morgan fingerprint density at radius 2 is 1.82 bits per heavy atom. The molecule has 0 saturated carbocycles. The molecule has 0 heterocycles. The molecule has 0 fully saturated rings. The normalized spacial score (nSPS) is 11.1. The highest BCUT2D eigenvalue weighted by Crippen LogP contribution is 2.34. The van der Waals surface area contributed by atoms with Crippen LogP contribution in [0.25, 0.3) is 0 Å². The van der Waals surface area contributed by atoms with Gasteiger partial charge in [-0.05, 0) is 38.5 Å². The quantitative estimate of drug-likeness (QED) is 0.470. The highest BCUT2D eigenvalue weighted by molar-refractivity contribution is 7.51. The molecule has 0 bridgehead atoms. The van der Waals surface area contributed by atoms with Gasteiger partial charge >= 0.3 is 7.60 Å². The number of benzene rings is 1. The van der Waals surface area contributed by atoms with Gasteiger partial charge in [-0.15, -0.1) is 0 Å². The molecule has 1 amide bonds. The van der Waals surface area contributed by atoms with Crippen molar-refractivity contribution in [2.45, 2.75) is 20.3 Å². The minimum atomic E-state index is -4.02. The second kappa shape index (κ2) is 8.78. The first-order valence-electron chi connectivity index (χ1n) is 7.09. The lowest BCUT2D eigenvalue weighted by Gasteiger charge is -2.12. The molecule has 1 aromatic rings. The Bertz CT molecular complexity index is 542. The summed E-state index contributed by atoms with van der Waals surface area (Å²) in [5, 5.41) is 2.61. The minimum Gasteiger partial charge on any atom is -0.490 e. The lowest BCUT2D eigenvalue weighted by atomic mass is 10.2. The predicted octanol–water partition coefficient (Wildman–Crippen LogP) is 1.78. The lowest BCUT2D eigenvalue weighted by molar-refractivity contribution is 0.0953. The summed E-state index contributed by atoms with van der Waals surface area (Å²) in [5.41, 5.74) is 0.406. The van der Waals surface area contributed by atoms with E-state index in [1.54, 1.807) is 18.2 Å². The maximum Gasteiger partial charge on any atom is 0.325 e. The highest BCUT2D eigenvalue weighted by Gasteiger charge is 2.14. The summed E-state index contributed by atoms with van der Waals surface area (Å²) in [6.45, 7) is 4.84. The van der Waals surface area contributed by atoms with E-state index in [2.05, 4.69) is 5.32 Å². The van der Waals surface area contributed by atoms with Crippen molar-refractivity contribution in [1.29, 1.82) is 0 Å². The molecule has 124 valence electrons. The largest absolute Gasteiger partial charge is 0.490 e. The second-order valence-corrected chi connectivity index (χ2v) is 6.30. The van der Waals surface area contributed by atoms with Crippen LogP contribution in [0.15, 0.2) is 18.2 Å². The first-order valence-corrected chi connectivity index (χ1v) is 8.89. The van der Waals surface area contributed by atoms with Crippen LogP contribution in [0.5, 0.6) is 11.5 Å². The lowest BCUT2D eigenvalue weighted by Crippen LogP contribution is -2.25. The van der Waals surface area contributed by atoms with Gasteiger partial charge in [0.15, 0.2) is 11.5 Å². The maximum atomic E-state index is 12.0. The van der Waals surface area contributed by atoms with E-state index in [0.717, 1.165) is 0 Å². The molecular formula is C14H22NO6P. The fourth-order valence-electron chi connectivity index (χ4n) is 1.78. The van der Waals surface area contributed by atoms with Gasteiger partial charge in [-0.1, -0.05) is 0 Å². The Morgan fingerprint density at radius 1 is 1.18 bits per heavy atom. The Hall–Kier alpha value is -1.56. The molecule has 3 N–H and O–H groups in total. The van der Waals surface area contributed by atoms with Crippen LogP contribution in [0.2, 0.25) is 0 Å². The molecule has 22 heavy (non-hydrogen) atoms. The number of ether oxygens (including phenoxy) is 2. The van der Waals surface area contributed by atoms with Gasteiger partial charge in [0.05, 0.1) is 19.4 Å². The number of carbonyl (C=O) groups is 1. The van der Waals surface area contributed by atoms with Crippen LogP contribution in [0, 0.1) is 0 Å². The van der Waals surface area contributed by atoms with Crippen LogP contribution in [0.1, 0.15) is 30.6 Å². The molecular weight excluding hydrogens is 309 g/mol. The molecule has 0 aromatic heterocycles. The molecule has 7 nitrogen and oxygen atoms in total. The molecule has 1 rings (SSSR count). The SMILES string of the molecule is CCOc1ccc(C(=O)NCCCP(=O)(O)O)cc1OCC. The average molecular weight is 331 g/mol. The zero-order chi connectivity index (χ0) is 16.6. The van der Waals surface area contributed by atoms with Gasteiger partial charge in [-0.2, -0.15) is 0 Å². The Balaban J connectivity index is 2.65. The van der Waals surface area contributed by atoms with Gasteiger partial charge in [0.25, 0.3) is 5.91 Å². The van der Waals surface area contributed by atoms with Crippen LogP contribution in [0.3, 0.4) is 0 Å². The fraction of sp³-hybridized carbons (Fsp3) is 0.500. The summed E-state index contributed by atoms with van der Waals surface area (Å²) in [6, 6.07) is 4.87. The van der Waals surface area contributed by atoms with Gasteiger partial charge < -0.3 is 24.6 Å². The summed E-state index contributed by atoms with van der Waals surface area (Å²) in [4.78, 5) is 29.5. The second-order valence-electron chi connectivity index (χ2n) is 4.53. The Kier molecular flexibility index (Phi) is 7.38. The van der Waals surface area contributed by atoms with Crippen LogP contribution in [-0.2, 0) is 4.57 Å². The average Bonchev–Trinajstić information content (AvgIpc) is 2.44. The van der Waals surface area contributed by atoms with Crippen LogP contribution in [-0.4, -0.2) is 41.6 Å². The van der Waals surface area contributed by atoms with Crippen molar-refractivity contribution in [3.8, 4) is 11.5 Å². The summed E-state index contributed by atoms with van der Waals surface area (Å²) in [7, 11) is -4.02. The number of hydrogen-bond acceptors (Lipinski definition) is 4. The highest BCUT2D eigenvalue weighted by atomic mass is 31.2. The first-order chi connectivity index (χ1) is 10.4. The molecule has 0 aliphatic heterocycles. The van der Waals surface area contributed by atoms with Crippen molar-refractivity contribution < 1.29 is 28.6 Å². The van der Waals surface area contributed by atoms with Crippen LogP contribution < -0.4 is 14.8 Å². The molecule has 0 unspecified atom stereocenters. The van der Waals surface area contributed by atoms with E-state index in [0.29, 0.717) is 30.3 Å². The van der Waals surface area contributed by atoms with E-state index < -0.39 is 7.60 Å². The Labute approximate surface area is 129 Å². The zero-order valence-corrected chi connectivity index (χ0v) is 13.6.